The van der Waals surface area contributed by atoms with Crippen molar-refractivity contribution in [3.8, 4) is 5.75 Å². The summed E-state index contributed by atoms with van der Waals surface area (Å²) in [5, 5.41) is 9.17. The summed E-state index contributed by atoms with van der Waals surface area (Å²) >= 11 is 0. The smallest absolute Gasteiger partial charge is 0.243 e. The van der Waals surface area contributed by atoms with Crippen LogP contribution in [-0.4, -0.2) is 57.3 Å². The highest BCUT2D eigenvalue weighted by Gasteiger charge is 2.32. The topological polar surface area (TPSA) is 76.1 Å². The Morgan fingerprint density at radius 1 is 1.48 bits per heavy atom. The van der Waals surface area contributed by atoms with Crippen LogP contribution in [-0.2, 0) is 21.2 Å². The Bertz CT molecular complexity index is 587. The SMILES string of the molecule is COc1ccc(S(=O)(=O)N2CCOCC2C)c(CCO)c1. The van der Waals surface area contributed by atoms with Crippen LogP contribution in [0.15, 0.2) is 23.1 Å². The predicted molar refractivity (Wildman–Crippen MR) is 78.0 cm³/mol. The van der Waals surface area contributed by atoms with E-state index in [1.165, 1.54) is 11.4 Å². The zero-order valence-corrected chi connectivity index (χ0v) is 13.1. The van der Waals surface area contributed by atoms with Gasteiger partial charge in [-0.3, -0.25) is 0 Å². The lowest BCUT2D eigenvalue weighted by molar-refractivity contribution is 0.0392. The van der Waals surface area contributed by atoms with Crippen LogP contribution in [0.5, 0.6) is 5.75 Å². The lowest BCUT2D eigenvalue weighted by Crippen LogP contribution is -2.47. The fourth-order valence-corrected chi connectivity index (χ4v) is 4.28. The third-order valence-electron chi connectivity index (χ3n) is 3.54. The lowest BCUT2D eigenvalue weighted by Gasteiger charge is -2.32. The number of rotatable bonds is 5. The van der Waals surface area contributed by atoms with E-state index in [-0.39, 0.29) is 24.0 Å². The molecular weight excluding hydrogens is 294 g/mol. The molecule has 1 unspecified atom stereocenters. The maximum Gasteiger partial charge on any atom is 0.243 e. The highest BCUT2D eigenvalue weighted by molar-refractivity contribution is 7.89. The van der Waals surface area contributed by atoms with Crippen LogP contribution in [0.2, 0.25) is 0 Å². The summed E-state index contributed by atoms with van der Waals surface area (Å²) in [4.78, 5) is 0.228. The van der Waals surface area contributed by atoms with Gasteiger partial charge in [-0.25, -0.2) is 8.42 Å². The number of morpholine rings is 1. The number of nitrogens with zero attached hydrogens (tertiary/aromatic N) is 1. The van der Waals surface area contributed by atoms with Gasteiger partial charge < -0.3 is 14.6 Å². The van der Waals surface area contributed by atoms with Crippen LogP contribution >= 0.6 is 0 Å². The van der Waals surface area contributed by atoms with Gasteiger partial charge in [0.05, 0.1) is 25.2 Å². The average molecular weight is 315 g/mol. The number of methoxy groups -OCH3 is 1. The zero-order chi connectivity index (χ0) is 15.5. The highest BCUT2D eigenvalue weighted by Crippen LogP contribution is 2.27. The Hall–Kier alpha value is -1.15. The number of ether oxygens (including phenoxy) is 2. The first-order valence-electron chi connectivity index (χ1n) is 6.88. The molecule has 21 heavy (non-hydrogen) atoms. The molecule has 1 aliphatic heterocycles. The second-order valence-corrected chi connectivity index (χ2v) is 6.85. The molecule has 1 saturated heterocycles. The fourth-order valence-electron chi connectivity index (χ4n) is 2.45. The molecule has 0 saturated carbocycles. The minimum absolute atomic E-state index is 0.117. The Kier molecular flexibility index (Phi) is 5.21. The van der Waals surface area contributed by atoms with Crippen LogP contribution in [0.25, 0.3) is 0 Å². The number of aliphatic hydroxyl groups excluding tert-OH is 1. The van der Waals surface area contributed by atoms with Crippen molar-refractivity contribution < 1.29 is 23.0 Å². The molecule has 0 bridgehead atoms. The van der Waals surface area contributed by atoms with Crippen LogP contribution in [0.3, 0.4) is 0 Å². The molecule has 1 heterocycles. The van der Waals surface area contributed by atoms with Crippen LogP contribution < -0.4 is 4.74 Å². The summed E-state index contributed by atoms with van der Waals surface area (Å²) in [5.41, 5.74) is 0.565. The molecule has 2 rings (SSSR count). The first kappa shape index (κ1) is 16.2. The van der Waals surface area contributed by atoms with Gasteiger partial charge in [0.15, 0.2) is 0 Å². The van der Waals surface area contributed by atoms with Crippen LogP contribution in [0, 0.1) is 0 Å². The van der Waals surface area contributed by atoms with E-state index in [0.29, 0.717) is 31.1 Å². The van der Waals surface area contributed by atoms with E-state index < -0.39 is 10.0 Å². The van der Waals surface area contributed by atoms with Crippen molar-refractivity contribution in [3.63, 3.8) is 0 Å². The highest BCUT2D eigenvalue weighted by atomic mass is 32.2. The lowest BCUT2D eigenvalue weighted by atomic mass is 10.1. The van der Waals surface area contributed by atoms with Gasteiger partial charge in [0.1, 0.15) is 5.75 Å². The van der Waals surface area contributed by atoms with Gasteiger partial charge in [-0.15, -0.1) is 0 Å². The second-order valence-electron chi connectivity index (χ2n) is 4.99. The molecule has 0 aromatic heterocycles. The monoisotopic (exact) mass is 315 g/mol. The number of aliphatic hydroxyl groups is 1. The third kappa shape index (κ3) is 3.37. The van der Waals surface area contributed by atoms with Gasteiger partial charge in [0, 0.05) is 19.2 Å². The number of hydrogen-bond donors (Lipinski definition) is 1. The number of hydrogen-bond acceptors (Lipinski definition) is 5. The number of benzene rings is 1. The average Bonchev–Trinajstić information content (AvgIpc) is 2.47. The van der Waals surface area contributed by atoms with E-state index in [9.17, 15) is 8.42 Å². The molecule has 118 valence electrons. The largest absolute Gasteiger partial charge is 0.497 e. The molecule has 0 amide bonds. The summed E-state index contributed by atoms with van der Waals surface area (Å²) in [6, 6.07) is 4.63. The fraction of sp³-hybridized carbons (Fsp3) is 0.571. The van der Waals surface area contributed by atoms with E-state index in [0.717, 1.165) is 0 Å². The summed E-state index contributed by atoms with van der Waals surface area (Å²) in [5.74, 6) is 0.576. The van der Waals surface area contributed by atoms with E-state index in [4.69, 9.17) is 14.6 Å². The maximum absolute atomic E-state index is 12.8. The summed E-state index contributed by atoms with van der Waals surface area (Å²) in [6.45, 7) is 2.84. The van der Waals surface area contributed by atoms with Gasteiger partial charge in [-0.1, -0.05) is 0 Å². The molecule has 6 nitrogen and oxygen atoms in total. The van der Waals surface area contributed by atoms with Crippen molar-refractivity contribution in [1.29, 1.82) is 0 Å². The van der Waals surface area contributed by atoms with Crippen molar-refractivity contribution in [1.82, 2.24) is 4.31 Å². The molecule has 1 N–H and O–H groups in total. The summed E-state index contributed by atoms with van der Waals surface area (Å²) in [6.07, 6.45) is 0.268. The molecule has 1 aliphatic rings. The minimum Gasteiger partial charge on any atom is -0.497 e. The Labute approximate surface area is 125 Å². The molecule has 1 aromatic rings. The van der Waals surface area contributed by atoms with Crippen molar-refractivity contribution in [3.05, 3.63) is 23.8 Å². The second kappa shape index (κ2) is 6.74. The van der Waals surface area contributed by atoms with E-state index in [2.05, 4.69) is 0 Å². The maximum atomic E-state index is 12.8. The predicted octanol–water partition coefficient (Wildman–Crippen LogP) is 0.639. The Morgan fingerprint density at radius 3 is 2.86 bits per heavy atom. The van der Waals surface area contributed by atoms with Crippen molar-refractivity contribution >= 4 is 10.0 Å². The first-order valence-corrected chi connectivity index (χ1v) is 8.32. The summed E-state index contributed by atoms with van der Waals surface area (Å²) < 4.78 is 37.6. The van der Waals surface area contributed by atoms with Crippen LogP contribution in [0.1, 0.15) is 12.5 Å². The molecule has 1 fully saturated rings. The molecule has 0 radical (unpaired) electrons. The van der Waals surface area contributed by atoms with Crippen molar-refractivity contribution in [2.75, 3.05) is 33.5 Å². The molecule has 0 spiro atoms. The van der Waals surface area contributed by atoms with Gasteiger partial charge in [-0.2, -0.15) is 4.31 Å². The molecule has 0 aliphatic carbocycles. The van der Waals surface area contributed by atoms with Gasteiger partial charge in [0.2, 0.25) is 10.0 Å². The molecule has 1 aromatic carbocycles. The Balaban J connectivity index is 2.43. The zero-order valence-electron chi connectivity index (χ0n) is 12.3. The van der Waals surface area contributed by atoms with E-state index >= 15 is 0 Å². The van der Waals surface area contributed by atoms with Crippen LogP contribution in [0.4, 0.5) is 0 Å². The summed E-state index contributed by atoms with van der Waals surface area (Å²) in [7, 11) is -2.08. The van der Waals surface area contributed by atoms with Crippen molar-refractivity contribution in [2.24, 2.45) is 0 Å². The number of sulfonamides is 1. The van der Waals surface area contributed by atoms with Gasteiger partial charge in [-0.05, 0) is 37.1 Å². The standard InChI is InChI=1S/C14H21NO5S/c1-11-10-20-8-6-15(11)21(17,18)14-4-3-13(19-2)9-12(14)5-7-16/h3-4,9,11,16H,5-8,10H2,1-2H3. The molecule has 1 atom stereocenters. The first-order chi connectivity index (χ1) is 10.0. The normalized spacial score (nSPS) is 20.4. The van der Waals surface area contributed by atoms with Gasteiger partial charge in [0.25, 0.3) is 0 Å². The molecule has 7 heteroatoms. The quantitative estimate of drug-likeness (QED) is 0.863. The Morgan fingerprint density at radius 2 is 2.24 bits per heavy atom. The minimum atomic E-state index is -3.60. The third-order valence-corrected chi connectivity index (χ3v) is 5.66. The van der Waals surface area contributed by atoms with E-state index in [1.807, 2.05) is 6.92 Å². The van der Waals surface area contributed by atoms with Gasteiger partial charge >= 0.3 is 0 Å². The van der Waals surface area contributed by atoms with Crippen molar-refractivity contribution in [2.45, 2.75) is 24.3 Å². The van der Waals surface area contributed by atoms with E-state index in [1.54, 1.807) is 18.2 Å². The molecular formula is C14H21NO5S.